The second-order valence-corrected chi connectivity index (χ2v) is 8.12. The standard InChI is InChI=1S/C26H23ClN2O4/c1-15-5-6-16(2)21(13-15)29-25(30)23(17-7-9-18(27)10-8-17)24(26(29)31)28-20-12-11-19(32-3)14-22(20)33-4/h5-14,28H,1-4H3. The zero-order valence-electron chi connectivity index (χ0n) is 18.7. The van der Waals surface area contributed by atoms with Gasteiger partial charge in [0.25, 0.3) is 11.8 Å². The molecular formula is C26H23ClN2O4. The normalized spacial score (nSPS) is 13.5. The number of carbonyl (C=O) groups excluding carboxylic acids is 2. The van der Waals surface area contributed by atoms with Crippen molar-refractivity contribution in [3.63, 3.8) is 0 Å². The van der Waals surface area contributed by atoms with Crippen molar-refractivity contribution in [1.82, 2.24) is 0 Å². The molecule has 0 radical (unpaired) electrons. The Morgan fingerprint density at radius 1 is 0.848 bits per heavy atom. The van der Waals surface area contributed by atoms with Gasteiger partial charge in [-0.2, -0.15) is 0 Å². The van der Waals surface area contributed by atoms with Gasteiger partial charge in [0.1, 0.15) is 17.2 Å². The topological polar surface area (TPSA) is 67.9 Å². The average molecular weight is 463 g/mol. The number of carbonyl (C=O) groups is 2. The van der Waals surface area contributed by atoms with Crippen molar-refractivity contribution >= 4 is 40.4 Å². The average Bonchev–Trinajstić information content (AvgIpc) is 3.05. The first-order chi connectivity index (χ1) is 15.8. The Hall–Kier alpha value is -3.77. The number of ether oxygens (including phenoxy) is 2. The third kappa shape index (κ3) is 4.17. The maximum absolute atomic E-state index is 13.7. The number of imide groups is 1. The van der Waals surface area contributed by atoms with Crippen LogP contribution in [0, 0.1) is 13.8 Å². The maximum Gasteiger partial charge on any atom is 0.282 e. The highest BCUT2D eigenvalue weighted by atomic mass is 35.5. The number of nitrogens with zero attached hydrogens (tertiary/aromatic N) is 1. The van der Waals surface area contributed by atoms with Crippen molar-refractivity contribution in [2.75, 3.05) is 24.4 Å². The molecule has 1 N–H and O–H groups in total. The molecule has 168 valence electrons. The van der Waals surface area contributed by atoms with Crippen molar-refractivity contribution in [2.45, 2.75) is 13.8 Å². The molecule has 1 heterocycles. The largest absolute Gasteiger partial charge is 0.497 e. The van der Waals surface area contributed by atoms with Gasteiger partial charge in [0.15, 0.2) is 0 Å². The Morgan fingerprint density at radius 2 is 1.58 bits per heavy atom. The molecule has 7 heteroatoms. The molecule has 4 rings (SSSR count). The van der Waals surface area contributed by atoms with Gasteiger partial charge in [-0.15, -0.1) is 0 Å². The molecule has 0 bridgehead atoms. The highest BCUT2D eigenvalue weighted by Crippen LogP contribution is 2.38. The van der Waals surface area contributed by atoms with Crippen LogP contribution < -0.4 is 19.7 Å². The minimum atomic E-state index is -0.448. The monoisotopic (exact) mass is 462 g/mol. The predicted molar refractivity (Wildman–Crippen MR) is 130 cm³/mol. The second-order valence-electron chi connectivity index (χ2n) is 7.68. The molecule has 0 spiro atoms. The molecule has 6 nitrogen and oxygen atoms in total. The van der Waals surface area contributed by atoms with Crippen molar-refractivity contribution in [3.8, 4) is 11.5 Å². The Kier molecular flexibility index (Phi) is 6.11. The van der Waals surface area contributed by atoms with Gasteiger partial charge in [0.05, 0.1) is 31.2 Å². The highest BCUT2D eigenvalue weighted by molar-refractivity contribution is 6.46. The van der Waals surface area contributed by atoms with E-state index < -0.39 is 11.8 Å². The van der Waals surface area contributed by atoms with Gasteiger partial charge in [0.2, 0.25) is 0 Å². The molecule has 0 unspecified atom stereocenters. The Labute approximate surface area is 197 Å². The summed E-state index contributed by atoms with van der Waals surface area (Å²) in [5.41, 5.74) is 3.85. The summed E-state index contributed by atoms with van der Waals surface area (Å²) in [6.45, 7) is 3.79. The third-order valence-corrected chi connectivity index (χ3v) is 5.74. The lowest BCUT2D eigenvalue weighted by atomic mass is 10.0. The Bertz CT molecular complexity index is 1280. The number of rotatable bonds is 6. The first-order valence-corrected chi connectivity index (χ1v) is 10.7. The molecule has 0 fully saturated rings. The van der Waals surface area contributed by atoms with E-state index in [4.69, 9.17) is 21.1 Å². The van der Waals surface area contributed by atoms with E-state index in [-0.39, 0.29) is 11.3 Å². The van der Waals surface area contributed by atoms with E-state index in [0.717, 1.165) is 11.1 Å². The summed E-state index contributed by atoms with van der Waals surface area (Å²) in [5.74, 6) is 0.223. The number of hydrogen-bond donors (Lipinski definition) is 1. The van der Waals surface area contributed by atoms with Crippen LogP contribution in [0.2, 0.25) is 5.02 Å². The van der Waals surface area contributed by atoms with Gasteiger partial charge in [-0.1, -0.05) is 35.9 Å². The summed E-state index contributed by atoms with van der Waals surface area (Å²) < 4.78 is 10.7. The first-order valence-electron chi connectivity index (χ1n) is 10.3. The number of amides is 2. The van der Waals surface area contributed by atoms with Crippen LogP contribution in [0.5, 0.6) is 11.5 Å². The summed E-state index contributed by atoms with van der Waals surface area (Å²) in [6, 6.07) is 17.7. The van der Waals surface area contributed by atoms with E-state index in [1.807, 2.05) is 32.0 Å². The lowest BCUT2D eigenvalue weighted by Gasteiger charge is -2.19. The van der Waals surface area contributed by atoms with E-state index in [1.165, 1.54) is 12.0 Å². The lowest BCUT2D eigenvalue weighted by molar-refractivity contribution is -0.120. The van der Waals surface area contributed by atoms with Crippen molar-refractivity contribution in [2.24, 2.45) is 0 Å². The van der Waals surface area contributed by atoms with Gasteiger partial charge in [0, 0.05) is 11.1 Å². The number of hydrogen-bond acceptors (Lipinski definition) is 5. The number of anilines is 2. The molecule has 0 atom stereocenters. The van der Waals surface area contributed by atoms with E-state index in [2.05, 4.69) is 5.32 Å². The molecule has 1 aliphatic heterocycles. The number of nitrogens with one attached hydrogen (secondary N) is 1. The molecule has 0 aliphatic carbocycles. The zero-order chi connectivity index (χ0) is 23.7. The van der Waals surface area contributed by atoms with Gasteiger partial charge in [-0.05, 0) is 60.9 Å². The van der Waals surface area contributed by atoms with Gasteiger partial charge >= 0.3 is 0 Å². The summed E-state index contributed by atoms with van der Waals surface area (Å²) >= 11 is 6.06. The number of methoxy groups -OCH3 is 2. The lowest BCUT2D eigenvalue weighted by Crippen LogP contribution is -2.33. The number of benzene rings is 3. The van der Waals surface area contributed by atoms with Crippen LogP contribution in [0.4, 0.5) is 11.4 Å². The fourth-order valence-corrected chi connectivity index (χ4v) is 3.87. The van der Waals surface area contributed by atoms with Gasteiger partial charge < -0.3 is 14.8 Å². The van der Waals surface area contributed by atoms with Crippen molar-refractivity contribution in [1.29, 1.82) is 0 Å². The molecular weight excluding hydrogens is 440 g/mol. The summed E-state index contributed by atoms with van der Waals surface area (Å²) in [7, 11) is 3.09. The third-order valence-electron chi connectivity index (χ3n) is 5.49. The van der Waals surface area contributed by atoms with Crippen LogP contribution in [0.1, 0.15) is 16.7 Å². The van der Waals surface area contributed by atoms with Crippen LogP contribution in [0.25, 0.3) is 5.57 Å². The van der Waals surface area contributed by atoms with Gasteiger partial charge in [-0.3, -0.25) is 9.59 Å². The summed E-state index contributed by atoms with van der Waals surface area (Å²) in [6.07, 6.45) is 0. The summed E-state index contributed by atoms with van der Waals surface area (Å²) in [5, 5.41) is 3.68. The van der Waals surface area contributed by atoms with E-state index in [0.29, 0.717) is 33.5 Å². The fraction of sp³-hybridized carbons (Fsp3) is 0.154. The number of halogens is 1. The van der Waals surface area contributed by atoms with Crippen LogP contribution >= 0.6 is 11.6 Å². The highest BCUT2D eigenvalue weighted by Gasteiger charge is 2.41. The minimum absolute atomic E-state index is 0.159. The van der Waals surface area contributed by atoms with Crippen LogP contribution in [-0.2, 0) is 9.59 Å². The smallest absolute Gasteiger partial charge is 0.282 e. The molecule has 0 saturated heterocycles. The predicted octanol–water partition coefficient (Wildman–Crippen LogP) is 5.37. The quantitative estimate of drug-likeness (QED) is 0.499. The van der Waals surface area contributed by atoms with E-state index in [9.17, 15) is 9.59 Å². The molecule has 1 aliphatic rings. The molecule has 0 saturated carbocycles. The van der Waals surface area contributed by atoms with E-state index >= 15 is 0 Å². The number of aryl methyl sites for hydroxylation is 2. The molecule has 2 amide bonds. The molecule has 3 aromatic carbocycles. The zero-order valence-corrected chi connectivity index (χ0v) is 19.5. The van der Waals surface area contributed by atoms with Crippen molar-refractivity contribution < 1.29 is 19.1 Å². The molecule has 3 aromatic rings. The van der Waals surface area contributed by atoms with Gasteiger partial charge in [-0.25, -0.2) is 4.90 Å². The summed E-state index contributed by atoms with van der Waals surface area (Å²) in [4.78, 5) is 28.5. The van der Waals surface area contributed by atoms with Crippen LogP contribution in [0.15, 0.2) is 66.4 Å². The first kappa shape index (κ1) is 22.4. The fourth-order valence-electron chi connectivity index (χ4n) is 3.75. The maximum atomic E-state index is 13.7. The molecule has 33 heavy (non-hydrogen) atoms. The van der Waals surface area contributed by atoms with Crippen molar-refractivity contribution in [3.05, 3.63) is 88.1 Å². The Balaban J connectivity index is 1.86. The van der Waals surface area contributed by atoms with Crippen LogP contribution in [0.3, 0.4) is 0 Å². The van der Waals surface area contributed by atoms with Crippen LogP contribution in [-0.4, -0.2) is 26.0 Å². The van der Waals surface area contributed by atoms with E-state index in [1.54, 1.807) is 49.6 Å². The SMILES string of the molecule is COc1ccc(NC2=C(c3ccc(Cl)cc3)C(=O)N(c3cc(C)ccc3C)C2=O)c(OC)c1. The molecule has 0 aromatic heterocycles. The second kappa shape index (κ2) is 9.00. The Morgan fingerprint density at radius 3 is 2.24 bits per heavy atom. The minimum Gasteiger partial charge on any atom is -0.497 e.